The van der Waals surface area contributed by atoms with Gasteiger partial charge in [-0.1, -0.05) is 38.7 Å². The second-order valence-corrected chi connectivity index (χ2v) is 5.66. The van der Waals surface area contributed by atoms with Gasteiger partial charge in [-0.3, -0.25) is 0 Å². The third-order valence-electron chi connectivity index (χ3n) is 4.22. The predicted molar refractivity (Wildman–Crippen MR) is 82.4 cm³/mol. The molecule has 1 unspecified atom stereocenters. The Hall–Kier alpha value is -1.71. The molecule has 0 saturated carbocycles. The Bertz CT molecular complexity index is 487. The molecule has 4 heteroatoms. The van der Waals surface area contributed by atoms with E-state index < -0.39 is 0 Å². The number of ether oxygens (including phenoxy) is 1. The average molecular weight is 291 g/mol. The van der Waals surface area contributed by atoms with Crippen LogP contribution in [0.5, 0.6) is 5.75 Å². The smallest absolute Gasteiger partial charge is 0.410 e. The van der Waals surface area contributed by atoms with Crippen LogP contribution in [0, 0.1) is 0 Å². The molecule has 0 bridgehead atoms. The van der Waals surface area contributed by atoms with Crippen molar-refractivity contribution in [3.63, 3.8) is 0 Å². The fourth-order valence-corrected chi connectivity index (χ4v) is 3.11. The van der Waals surface area contributed by atoms with E-state index in [1.54, 1.807) is 6.07 Å². The molecule has 1 aliphatic heterocycles. The van der Waals surface area contributed by atoms with Crippen molar-refractivity contribution in [2.45, 2.75) is 51.5 Å². The first-order chi connectivity index (χ1) is 10.2. The van der Waals surface area contributed by atoms with E-state index in [1.807, 2.05) is 17.0 Å². The van der Waals surface area contributed by atoms with Crippen LogP contribution >= 0.6 is 0 Å². The van der Waals surface area contributed by atoms with E-state index in [0.717, 1.165) is 30.4 Å². The lowest BCUT2D eigenvalue weighted by atomic mass is 9.89. The molecular weight excluding hydrogens is 266 g/mol. The molecule has 0 spiro atoms. The van der Waals surface area contributed by atoms with E-state index in [2.05, 4.69) is 6.92 Å². The summed E-state index contributed by atoms with van der Waals surface area (Å²) in [5, 5.41) is 9.64. The lowest BCUT2D eigenvalue weighted by Crippen LogP contribution is -2.40. The van der Waals surface area contributed by atoms with Gasteiger partial charge in [0.15, 0.2) is 0 Å². The number of carbonyl (C=O) groups excluding carboxylic acids is 1. The number of aromatic hydroxyl groups is 1. The maximum absolute atomic E-state index is 12.0. The van der Waals surface area contributed by atoms with Crippen molar-refractivity contribution in [1.29, 1.82) is 0 Å². The third kappa shape index (κ3) is 3.69. The molecule has 0 saturated heterocycles. The first-order valence-electron chi connectivity index (χ1n) is 7.83. The molecule has 1 N–H and O–H groups in total. The molecule has 1 aromatic rings. The summed E-state index contributed by atoms with van der Waals surface area (Å²) >= 11 is 0. The van der Waals surface area contributed by atoms with E-state index in [4.69, 9.17) is 4.74 Å². The number of rotatable bonds is 5. The standard InChI is InChI=1S/C17H25NO3/c1-3-4-5-6-7-16-15-9-8-14(19)12-13(15)10-11-18(16)17(20)21-2/h8-9,12,16,19H,3-7,10-11H2,1-2H3. The largest absolute Gasteiger partial charge is 0.508 e. The second kappa shape index (κ2) is 7.34. The van der Waals surface area contributed by atoms with Gasteiger partial charge in [0.25, 0.3) is 0 Å². The van der Waals surface area contributed by atoms with Crippen molar-refractivity contribution in [2.24, 2.45) is 0 Å². The van der Waals surface area contributed by atoms with Crippen LogP contribution in [0.25, 0.3) is 0 Å². The highest BCUT2D eigenvalue weighted by Gasteiger charge is 2.31. The molecule has 0 fully saturated rings. The zero-order valence-corrected chi connectivity index (χ0v) is 13.0. The number of unbranched alkanes of at least 4 members (excludes halogenated alkanes) is 3. The molecule has 0 radical (unpaired) electrons. The van der Waals surface area contributed by atoms with Crippen LogP contribution < -0.4 is 0 Å². The Labute approximate surface area is 126 Å². The van der Waals surface area contributed by atoms with Gasteiger partial charge >= 0.3 is 6.09 Å². The topological polar surface area (TPSA) is 49.8 Å². The molecule has 1 aliphatic rings. The van der Waals surface area contributed by atoms with Crippen LogP contribution in [0.4, 0.5) is 4.79 Å². The number of nitrogens with zero attached hydrogens (tertiary/aromatic N) is 1. The summed E-state index contributed by atoms with van der Waals surface area (Å²) in [5.74, 6) is 0.296. The highest BCUT2D eigenvalue weighted by Crippen LogP contribution is 2.35. The number of benzene rings is 1. The third-order valence-corrected chi connectivity index (χ3v) is 4.22. The van der Waals surface area contributed by atoms with Crippen molar-refractivity contribution in [2.75, 3.05) is 13.7 Å². The van der Waals surface area contributed by atoms with E-state index >= 15 is 0 Å². The van der Waals surface area contributed by atoms with Crippen molar-refractivity contribution in [3.8, 4) is 5.75 Å². The Morgan fingerprint density at radius 3 is 2.90 bits per heavy atom. The lowest BCUT2D eigenvalue weighted by molar-refractivity contribution is 0.0975. The van der Waals surface area contributed by atoms with Crippen LogP contribution in [0.3, 0.4) is 0 Å². The zero-order chi connectivity index (χ0) is 15.2. The molecule has 0 aliphatic carbocycles. The van der Waals surface area contributed by atoms with Crippen LogP contribution in [0.2, 0.25) is 0 Å². The van der Waals surface area contributed by atoms with Crippen molar-refractivity contribution in [3.05, 3.63) is 29.3 Å². The number of methoxy groups -OCH3 is 1. The van der Waals surface area contributed by atoms with E-state index in [1.165, 1.54) is 26.4 Å². The number of carbonyl (C=O) groups is 1. The summed E-state index contributed by atoms with van der Waals surface area (Å²) in [6.07, 6.45) is 6.19. The summed E-state index contributed by atoms with van der Waals surface area (Å²) in [5.41, 5.74) is 2.30. The molecule has 1 atom stereocenters. The minimum Gasteiger partial charge on any atom is -0.508 e. The van der Waals surface area contributed by atoms with E-state index in [9.17, 15) is 9.90 Å². The second-order valence-electron chi connectivity index (χ2n) is 5.66. The monoisotopic (exact) mass is 291 g/mol. The maximum atomic E-state index is 12.0. The summed E-state index contributed by atoms with van der Waals surface area (Å²) in [6.45, 7) is 2.85. The number of hydrogen-bond acceptors (Lipinski definition) is 3. The number of fused-ring (bicyclic) bond motifs is 1. The summed E-state index contributed by atoms with van der Waals surface area (Å²) < 4.78 is 4.92. The van der Waals surface area contributed by atoms with Crippen molar-refractivity contribution < 1.29 is 14.6 Å². The molecule has 4 nitrogen and oxygen atoms in total. The van der Waals surface area contributed by atoms with Gasteiger partial charge in [-0.15, -0.1) is 0 Å². The Morgan fingerprint density at radius 2 is 2.19 bits per heavy atom. The molecule has 0 aromatic heterocycles. The van der Waals surface area contributed by atoms with Gasteiger partial charge in [-0.2, -0.15) is 0 Å². The predicted octanol–water partition coefficient (Wildman–Crippen LogP) is 4.03. The average Bonchev–Trinajstić information content (AvgIpc) is 2.50. The van der Waals surface area contributed by atoms with Gasteiger partial charge in [0, 0.05) is 6.54 Å². The number of hydrogen-bond donors (Lipinski definition) is 1. The molecular formula is C17H25NO3. The van der Waals surface area contributed by atoms with Gasteiger partial charge in [-0.05, 0) is 36.1 Å². The number of phenolic OH excluding ortho intramolecular Hbond substituents is 1. The molecule has 2 rings (SSSR count). The van der Waals surface area contributed by atoms with E-state index in [0.29, 0.717) is 12.3 Å². The van der Waals surface area contributed by atoms with Crippen LogP contribution in [-0.2, 0) is 11.2 Å². The molecule has 21 heavy (non-hydrogen) atoms. The van der Waals surface area contributed by atoms with Crippen LogP contribution in [0.1, 0.15) is 56.2 Å². The first-order valence-corrected chi connectivity index (χ1v) is 7.83. The summed E-state index contributed by atoms with van der Waals surface area (Å²) in [7, 11) is 1.43. The van der Waals surface area contributed by atoms with Gasteiger partial charge < -0.3 is 14.7 Å². The van der Waals surface area contributed by atoms with Gasteiger partial charge in [-0.25, -0.2) is 4.79 Å². The van der Waals surface area contributed by atoms with Gasteiger partial charge in [0.1, 0.15) is 5.75 Å². The Kier molecular flexibility index (Phi) is 5.48. The minimum absolute atomic E-state index is 0.0682. The lowest BCUT2D eigenvalue weighted by Gasteiger charge is -2.36. The Morgan fingerprint density at radius 1 is 1.38 bits per heavy atom. The van der Waals surface area contributed by atoms with Crippen molar-refractivity contribution >= 4 is 6.09 Å². The number of phenols is 1. The van der Waals surface area contributed by atoms with Gasteiger partial charge in [0.2, 0.25) is 0 Å². The molecule has 1 aromatic carbocycles. The molecule has 116 valence electrons. The normalized spacial score (nSPS) is 17.4. The highest BCUT2D eigenvalue weighted by molar-refractivity contribution is 5.69. The SMILES string of the molecule is CCCCCCC1c2ccc(O)cc2CCN1C(=O)OC. The Balaban J connectivity index is 2.17. The molecule has 1 heterocycles. The fraction of sp³-hybridized carbons (Fsp3) is 0.588. The number of amides is 1. The van der Waals surface area contributed by atoms with Gasteiger partial charge in [0.05, 0.1) is 13.2 Å². The maximum Gasteiger partial charge on any atom is 0.410 e. The van der Waals surface area contributed by atoms with Crippen molar-refractivity contribution in [1.82, 2.24) is 4.90 Å². The highest BCUT2D eigenvalue weighted by atomic mass is 16.5. The fourth-order valence-electron chi connectivity index (χ4n) is 3.11. The minimum atomic E-state index is -0.255. The van der Waals surface area contributed by atoms with Crippen LogP contribution in [0.15, 0.2) is 18.2 Å². The molecule has 1 amide bonds. The summed E-state index contributed by atoms with van der Waals surface area (Å²) in [6, 6.07) is 5.55. The van der Waals surface area contributed by atoms with E-state index in [-0.39, 0.29) is 12.1 Å². The zero-order valence-electron chi connectivity index (χ0n) is 13.0. The first kappa shape index (κ1) is 15.7. The van der Waals surface area contributed by atoms with Crippen LogP contribution in [-0.4, -0.2) is 29.8 Å². The quantitative estimate of drug-likeness (QED) is 0.833. The summed E-state index contributed by atoms with van der Waals surface area (Å²) in [4.78, 5) is 13.8.